The van der Waals surface area contributed by atoms with E-state index in [1.807, 2.05) is 24.7 Å². The highest BCUT2D eigenvalue weighted by Gasteiger charge is 2.05. The molecule has 0 unspecified atom stereocenters. The van der Waals surface area contributed by atoms with Crippen molar-refractivity contribution in [2.24, 2.45) is 4.99 Å². The van der Waals surface area contributed by atoms with Crippen LogP contribution >= 0.6 is 24.0 Å². The second-order valence-corrected chi connectivity index (χ2v) is 5.78. The summed E-state index contributed by atoms with van der Waals surface area (Å²) in [4.78, 5) is 8.66. The van der Waals surface area contributed by atoms with E-state index in [2.05, 4.69) is 38.2 Å². The molecule has 1 heterocycles. The van der Waals surface area contributed by atoms with Crippen molar-refractivity contribution >= 4 is 29.9 Å². The Morgan fingerprint density at radius 2 is 2.00 bits per heavy atom. The molecule has 0 aliphatic carbocycles. The fourth-order valence-corrected chi connectivity index (χ4v) is 2.57. The number of guanidine groups is 1. The van der Waals surface area contributed by atoms with Crippen LogP contribution in [0.2, 0.25) is 0 Å². The number of nitrogens with one attached hydrogen (secondary N) is 2. The second kappa shape index (κ2) is 13.2. The molecule has 0 aliphatic rings. The van der Waals surface area contributed by atoms with E-state index < -0.39 is 0 Å². The molecule has 0 saturated heterocycles. The minimum atomic E-state index is 0. The van der Waals surface area contributed by atoms with Crippen LogP contribution in [0.25, 0.3) is 0 Å². The lowest BCUT2D eigenvalue weighted by Gasteiger charge is -2.12. The van der Waals surface area contributed by atoms with Crippen LogP contribution in [-0.2, 0) is 13.0 Å². The molecule has 1 aromatic carbocycles. The summed E-state index contributed by atoms with van der Waals surface area (Å²) in [6.45, 7) is 5.39. The van der Waals surface area contributed by atoms with Gasteiger partial charge in [-0.05, 0) is 37.5 Å². The molecule has 7 nitrogen and oxygen atoms in total. The smallest absolute Gasteiger partial charge is 0.191 e. The SMILES string of the molecule is CCNC(=NCCCn1ccnc1)NCCc1ccc(OC)c(OC)c1.I. The van der Waals surface area contributed by atoms with Gasteiger partial charge in [0.2, 0.25) is 0 Å². The number of benzene rings is 1. The van der Waals surface area contributed by atoms with Crippen molar-refractivity contribution in [1.29, 1.82) is 0 Å². The van der Waals surface area contributed by atoms with E-state index in [4.69, 9.17) is 9.47 Å². The second-order valence-electron chi connectivity index (χ2n) is 5.78. The summed E-state index contributed by atoms with van der Waals surface area (Å²) in [5, 5.41) is 6.65. The normalized spacial score (nSPS) is 10.9. The molecule has 8 heteroatoms. The van der Waals surface area contributed by atoms with Gasteiger partial charge in [0.1, 0.15) is 0 Å². The molecule has 0 aliphatic heterocycles. The highest BCUT2D eigenvalue weighted by atomic mass is 127. The van der Waals surface area contributed by atoms with Crippen molar-refractivity contribution in [1.82, 2.24) is 20.2 Å². The van der Waals surface area contributed by atoms with Gasteiger partial charge >= 0.3 is 0 Å². The van der Waals surface area contributed by atoms with E-state index in [1.165, 1.54) is 5.56 Å². The zero-order chi connectivity index (χ0) is 18.6. The predicted octanol–water partition coefficient (Wildman–Crippen LogP) is 2.71. The molecule has 0 bridgehead atoms. The van der Waals surface area contributed by atoms with Crippen LogP contribution < -0.4 is 20.1 Å². The first-order valence-corrected chi connectivity index (χ1v) is 8.95. The van der Waals surface area contributed by atoms with E-state index in [-0.39, 0.29) is 24.0 Å². The molecule has 0 saturated carbocycles. The zero-order valence-corrected chi connectivity index (χ0v) is 18.6. The minimum absolute atomic E-state index is 0. The molecular weight excluding hydrogens is 457 g/mol. The standard InChI is InChI=1S/C19H29N5O2.HI/c1-4-21-19(22-9-5-12-24-13-11-20-15-24)23-10-8-16-6-7-17(25-2)18(14-16)26-3;/h6-7,11,13-15H,4-5,8-10,12H2,1-3H3,(H2,21,22,23);1H. The average molecular weight is 487 g/mol. The van der Waals surface area contributed by atoms with E-state index in [0.29, 0.717) is 0 Å². The maximum atomic E-state index is 5.35. The summed E-state index contributed by atoms with van der Waals surface area (Å²) >= 11 is 0. The Labute approximate surface area is 178 Å². The Bertz CT molecular complexity index is 677. The molecular formula is C19H30IN5O2. The van der Waals surface area contributed by atoms with Gasteiger partial charge in [0.15, 0.2) is 17.5 Å². The Morgan fingerprint density at radius 1 is 1.19 bits per heavy atom. The number of aliphatic imine (C=N–C) groups is 1. The van der Waals surface area contributed by atoms with E-state index in [0.717, 1.165) is 56.5 Å². The lowest BCUT2D eigenvalue weighted by atomic mass is 10.1. The summed E-state index contributed by atoms with van der Waals surface area (Å²) in [6.07, 6.45) is 7.44. The van der Waals surface area contributed by atoms with Crippen molar-refractivity contribution in [2.45, 2.75) is 26.3 Å². The van der Waals surface area contributed by atoms with Gasteiger partial charge < -0.3 is 24.7 Å². The Balaban J connectivity index is 0.00000364. The first kappa shape index (κ1) is 23.1. The summed E-state index contributed by atoms with van der Waals surface area (Å²) in [5.74, 6) is 2.35. The highest BCUT2D eigenvalue weighted by molar-refractivity contribution is 14.0. The van der Waals surface area contributed by atoms with Crippen LogP contribution in [0.5, 0.6) is 11.5 Å². The molecule has 150 valence electrons. The van der Waals surface area contributed by atoms with Crippen molar-refractivity contribution in [3.8, 4) is 11.5 Å². The van der Waals surface area contributed by atoms with Crippen LogP contribution in [0.4, 0.5) is 0 Å². The molecule has 0 radical (unpaired) electrons. The van der Waals surface area contributed by atoms with Crippen LogP contribution in [0.15, 0.2) is 41.9 Å². The molecule has 2 N–H and O–H groups in total. The van der Waals surface area contributed by atoms with Gasteiger partial charge in [0.05, 0.1) is 20.5 Å². The van der Waals surface area contributed by atoms with E-state index >= 15 is 0 Å². The number of hydrogen-bond donors (Lipinski definition) is 2. The number of aryl methyl sites for hydroxylation is 1. The first-order valence-electron chi connectivity index (χ1n) is 8.95. The number of ether oxygens (including phenoxy) is 2. The van der Waals surface area contributed by atoms with Gasteiger partial charge in [0.25, 0.3) is 0 Å². The Kier molecular flexibility index (Phi) is 11.3. The van der Waals surface area contributed by atoms with Crippen molar-refractivity contribution in [3.63, 3.8) is 0 Å². The van der Waals surface area contributed by atoms with Crippen molar-refractivity contribution in [2.75, 3.05) is 33.9 Å². The molecule has 0 spiro atoms. The van der Waals surface area contributed by atoms with Crippen LogP contribution in [0.3, 0.4) is 0 Å². The van der Waals surface area contributed by atoms with Gasteiger partial charge in [-0.25, -0.2) is 4.98 Å². The number of aromatic nitrogens is 2. The maximum absolute atomic E-state index is 5.35. The maximum Gasteiger partial charge on any atom is 0.191 e. The van der Waals surface area contributed by atoms with Gasteiger partial charge in [0, 0.05) is 38.6 Å². The third kappa shape index (κ3) is 8.06. The lowest BCUT2D eigenvalue weighted by Crippen LogP contribution is -2.38. The summed E-state index contributed by atoms with van der Waals surface area (Å²) < 4.78 is 12.7. The minimum Gasteiger partial charge on any atom is -0.493 e. The number of imidazole rings is 1. The van der Waals surface area contributed by atoms with Crippen LogP contribution in [0.1, 0.15) is 18.9 Å². The molecule has 2 rings (SSSR count). The van der Waals surface area contributed by atoms with Crippen molar-refractivity contribution in [3.05, 3.63) is 42.5 Å². The molecule has 0 fully saturated rings. The van der Waals surface area contributed by atoms with Crippen molar-refractivity contribution < 1.29 is 9.47 Å². The summed E-state index contributed by atoms with van der Waals surface area (Å²) in [6, 6.07) is 6.00. The molecule has 27 heavy (non-hydrogen) atoms. The van der Waals surface area contributed by atoms with Gasteiger partial charge in [-0.1, -0.05) is 6.07 Å². The molecule has 0 atom stereocenters. The number of nitrogens with zero attached hydrogens (tertiary/aromatic N) is 3. The summed E-state index contributed by atoms with van der Waals surface area (Å²) in [7, 11) is 3.30. The number of hydrogen-bond acceptors (Lipinski definition) is 4. The predicted molar refractivity (Wildman–Crippen MR) is 119 cm³/mol. The fourth-order valence-electron chi connectivity index (χ4n) is 2.57. The number of rotatable bonds is 10. The molecule has 1 aromatic heterocycles. The molecule has 2 aromatic rings. The quantitative estimate of drug-likeness (QED) is 0.234. The van der Waals surface area contributed by atoms with Gasteiger partial charge in [-0.15, -0.1) is 24.0 Å². The first-order chi connectivity index (χ1) is 12.8. The monoisotopic (exact) mass is 487 g/mol. The third-order valence-corrected chi connectivity index (χ3v) is 3.90. The Morgan fingerprint density at radius 3 is 2.67 bits per heavy atom. The van der Waals surface area contributed by atoms with E-state index in [1.54, 1.807) is 20.4 Å². The van der Waals surface area contributed by atoms with Gasteiger partial charge in [-0.3, -0.25) is 4.99 Å². The zero-order valence-electron chi connectivity index (χ0n) is 16.3. The fraction of sp³-hybridized carbons (Fsp3) is 0.474. The van der Waals surface area contributed by atoms with Crippen LogP contribution in [0, 0.1) is 0 Å². The largest absolute Gasteiger partial charge is 0.493 e. The lowest BCUT2D eigenvalue weighted by molar-refractivity contribution is 0.354. The Hall–Kier alpha value is -1.97. The third-order valence-electron chi connectivity index (χ3n) is 3.90. The topological polar surface area (TPSA) is 72.7 Å². The average Bonchev–Trinajstić information content (AvgIpc) is 3.18. The summed E-state index contributed by atoms with van der Waals surface area (Å²) in [5.41, 5.74) is 1.19. The van der Waals surface area contributed by atoms with E-state index in [9.17, 15) is 0 Å². The van der Waals surface area contributed by atoms with Gasteiger partial charge in [-0.2, -0.15) is 0 Å². The van der Waals surface area contributed by atoms with Crippen LogP contribution in [-0.4, -0.2) is 49.4 Å². The highest BCUT2D eigenvalue weighted by Crippen LogP contribution is 2.27. The number of halogens is 1. The number of methoxy groups -OCH3 is 2. The molecule has 0 amide bonds.